The number of ether oxygens (including phenoxy) is 3. The third kappa shape index (κ3) is 4.10. The number of guanidine groups is 1. The van der Waals surface area contributed by atoms with Crippen LogP contribution in [0.1, 0.15) is 18.4 Å². The quantitative estimate of drug-likeness (QED) is 0.578. The van der Waals surface area contributed by atoms with Crippen LogP contribution >= 0.6 is 0 Å². The normalized spacial score (nSPS) is 15.0. The highest BCUT2D eigenvalue weighted by Gasteiger charge is 2.46. The molecule has 2 N–H and O–H groups in total. The molecule has 0 amide bonds. The van der Waals surface area contributed by atoms with E-state index in [4.69, 9.17) is 14.2 Å². The molecule has 2 aromatic rings. The number of anilines is 1. The molecule has 144 valence electrons. The summed E-state index contributed by atoms with van der Waals surface area (Å²) in [7, 11) is 6.73. The summed E-state index contributed by atoms with van der Waals surface area (Å²) in [6.45, 7) is 0.792. The minimum absolute atomic E-state index is 0.0990. The van der Waals surface area contributed by atoms with Gasteiger partial charge in [0.2, 0.25) is 0 Å². The van der Waals surface area contributed by atoms with E-state index < -0.39 is 0 Å². The zero-order chi connectivity index (χ0) is 19.3. The van der Waals surface area contributed by atoms with Gasteiger partial charge in [0, 0.05) is 36.3 Å². The number of nitrogens with one attached hydrogen (secondary N) is 2. The van der Waals surface area contributed by atoms with Crippen molar-refractivity contribution in [3.63, 3.8) is 0 Å². The molecule has 0 heterocycles. The fourth-order valence-corrected chi connectivity index (χ4v) is 3.26. The highest BCUT2D eigenvalue weighted by Crippen LogP contribution is 2.50. The topological polar surface area (TPSA) is 64.1 Å². The second-order valence-corrected chi connectivity index (χ2v) is 6.60. The Balaban J connectivity index is 1.68. The van der Waals surface area contributed by atoms with Crippen LogP contribution in [0, 0.1) is 0 Å². The first-order chi connectivity index (χ1) is 13.2. The van der Waals surface area contributed by atoms with Crippen molar-refractivity contribution < 1.29 is 14.2 Å². The van der Waals surface area contributed by atoms with Crippen molar-refractivity contribution in [1.82, 2.24) is 5.32 Å². The molecule has 27 heavy (non-hydrogen) atoms. The van der Waals surface area contributed by atoms with Crippen molar-refractivity contribution in [1.29, 1.82) is 0 Å². The zero-order valence-corrected chi connectivity index (χ0v) is 16.3. The first-order valence-corrected chi connectivity index (χ1v) is 8.99. The van der Waals surface area contributed by atoms with Gasteiger partial charge in [-0.3, -0.25) is 4.99 Å². The average molecular weight is 369 g/mol. The van der Waals surface area contributed by atoms with E-state index in [9.17, 15) is 0 Å². The van der Waals surface area contributed by atoms with Crippen LogP contribution in [0.5, 0.6) is 17.2 Å². The highest BCUT2D eigenvalue weighted by molar-refractivity contribution is 5.94. The smallest absolute Gasteiger partial charge is 0.195 e. The van der Waals surface area contributed by atoms with E-state index in [0.29, 0.717) is 17.5 Å². The summed E-state index contributed by atoms with van der Waals surface area (Å²) in [5, 5.41) is 6.76. The fraction of sp³-hybridized carbons (Fsp3) is 0.381. The molecule has 6 nitrogen and oxygen atoms in total. The number of benzene rings is 2. The van der Waals surface area contributed by atoms with Gasteiger partial charge in [-0.1, -0.05) is 18.2 Å². The van der Waals surface area contributed by atoms with E-state index in [-0.39, 0.29) is 5.41 Å². The van der Waals surface area contributed by atoms with Gasteiger partial charge in [-0.25, -0.2) is 0 Å². The Bertz CT molecular complexity index is 816. The average Bonchev–Trinajstić information content (AvgIpc) is 3.51. The predicted octanol–water partition coefficient (Wildman–Crippen LogP) is 3.43. The fourth-order valence-electron chi connectivity index (χ4n) is 3.26. The molecule has 0 radical (unpaired) electrons. The number of hydrogen-bond donors (Lipinski definition) is 2. The lowest BCUT2D eigenvalue weighted by atomic mass is 9.95. The van der Waals surface area contributed by atoms with Crippen molar-refractivity contribution in [2.45, 2.75) is 18.3 Å². The third-order valence-corrected chi connectivity index (χ3v) is 5.00. The Morgan fingerprint density at radius 3 is 2.30 bits per heavy atom. The van der Waals surface area contributed by atoms with Gasteiger partial charge in [-0.05, 0) is 31.0 Å². The number of aliphatic imine (C=N–C) groups is 1. The van der Waals surface area contributed by atoms with Gasteiger partial charge in [0.1, 0.15) is 5.75 Å². The van der Waals surface area contributed by atoms with Crippen LogP contribution in [0.2, 0.25) is 0 Å². The predicted molar refractivity (Wildman–Crippen MR) is 108 cm³/mol. The van der Waals surface area contributed by atoms with Crippen LogP contribution < -0.4 is 24.8 Å². The van der Waals surface area contributed by atoms with Crippen LogP contribution in [0.25, 0.3) is 0 Å². The zero-order valence-electron chi connectivity index (χ0n) is 16.3. The molecule has 2 aromatic carbocycles. The van der Waals surface area contributed by atoms with E-state index in [1.807, 2.05) is 30.3 Å². The molecule has 0 spiro atoms. The Kier molecular flexibility index (Phi) is 5.74. The molecular formula is C21H27N3O3. The van der Waals surface area contributed by atoms with Gasteiger partial charge in [0.05, 0.1) is 21.3 Å². The summed E-state index contributed by atoms with van der Waals surface area (Å²) in [4.78, 5) is 4.34. The highest BCUT2D eigenvalue weighted by atomic mass is 16.5. The second kappa shape index (κ2) is 8.20. The van der Waals surface area contributed by atoms with Crippen LogP contribution in [-0.4, -0.2) is 40.9 Å². The molecule has 0 bridgehead atoms. The Morgan fingerprint density at radius 2 is 1.67 bits per heavy atom. The van der Waals surface area contributed by atoms with Crippen molar-refractivity contribution in [2.24, 2.45) is 4.99 Å². The summed E-state index contributed by atoms with van der Waals surface area (Å²) in [5.41, 5.74) is 2.23. The maximum Gasteiger partial charge on any atom is 0.195 e. The summed E-state index contributed by atoms with van der Waals surface area (Å²) in [5.74, 6) is 3.02. The molecule has 1 saturated carbocycles. The summed E-state index contributed by atoms with van der Waals surface area (Å²) < 4.78 is 16.2. The van der Waals surface area contributed by atoms with Gasteiger partial charge in [-0.15, -0.1) is 0 Å². The molecule has 0 atom stereocenters. The van der Waals surface area contributed by atoms with Crippen molar-refractivity contribution >= 4 is 11.6 Å². The maximum atomic E-state index is 5.55. The number of para-hydroxylation sites is 1. The van der Waals surface area contributed by atoms with Crippen LogP contribution in [0.3, 0.4) is 0 Å². The number of rotatable bonds is 7. The van der Waals surface area contributed by atoms with Crippen LogP contribution in [0.15, 0.2) is 47.5 Å². The van der Waals surface area contributed by atoms with Gasteiger partial charge in [0.15, 0.2) is 17.5 Å². The van der Waals surface area contributed by atoms with Gasteiger partial charge in [-0.2, -0.15) is 0 Å². The molecule has 0 unspecified atom stereocenters. The van der Waals surface area contributed by atoms with E-state index >= 15 is 0 Å². The number of methoxy groups -OCH3 is 3. The third-order valence-electron chi connectivity index (χ3n) is 5.00. The van der Waals surface area contributed by atoms with E-state index in [0.717, 1.165) is 30.8 Å². The molecule has 1 fully saturated rings. The van der Waals surface area contributed by atoms with E-state index in [2.05, 4.69) is 27.8 Å². The molecule has 3 rings (SSSR count). The molecule has 0 saturated heterocycles. The Hall–Kier alpha value is -2.89. The van der Waals surface area contributed by atoms with Crippen LogP contribution in [0.4, 0.5) is 5.69 Å². The van der Waals surface area contributed by atoms with Gasteiger partial charge >= 0.3 is 0 Å². The lowest BCUT2D eigenvalue weighted by molar-refractivity contribution is 0.355. The lowest BCUT2D eigenvalue weighted by Gasteiger charge is -2.21. The van der Waals surface area contributed by atoms with Gasteiger partial charge < -0.3 is 24.8 Å². The van der Waals surface area contributed by atoms with E-state index in [1.165, 1.54) is 5.56 Å². The largest absolute Gasteiger partial charge is 0.496 e. The van der Waals surface area contributed by atoms with Gasteiger partial charge in [0.25, 0.3) is 0 Å². The SMILES string of the molecule is CN=C(NCC1(c2ccccc2OC)CC1)Nc1ccc(OC)c(OC)c1. The summed E-state index contributed by atoms with van der Waals surface area (Å²) in [6, 6.07) is 13.9. The molecule has 1 aliphatic rings. The maximum absolute atomic E-state index is 5.55. The minimum atomic E-state index is 0.0990. The molecule has 0 aliphatic heterocycles. The van der Waals surface area contributed by atoms with Crippen molar-refractivity contribution in [3.8, 4) is 17.2 Å². The summed E-state index contributed by atoms with van der Waals surface area (Å²) >= 11 is 0. The summed E-state index contributed by atoms with van der Waals surface area (Å²) in [6.07, 6.45) is 2.27. The van der Waals surface area contributed by atoms with E-state index in [1.54, 1.807) is 28.4 Å². The molecule has 1 aliphatic carbocycles. The number of nitrogens with zero attached hydrogens (tertiary/aromatic N) is 1. The lowest BCUT2D eigenvalue weighted by Crippen LogP contribution is -2.36. The minimum Gasteiger partial charge on any atom is -0.496 e. The first-order valence-electron chi connectivity index (χ1n) is 8.99. The molecule has 0 aromatic heterocycles. The Labute approximate surface area is 160 Å². The number of hydrogen-bond acceptors (Lipinski definition) is 4. The van der Waals surface area contributed by atoms with Crippen molar-refractivity contribution in [2.75, 3.05) is 40.2 Å². The molecule has 6 heteroatoms. The monoisotopic (exact) mass is 369 g/mol. The molecular weight excluding hydrogens is 342 g/mol. The standard InChI is InChI=1S/C21H27N3O3/c1-22-20(24-15-9-10-18(26-3)19(13-15)27-4)23-14-21(11-12-21)16-7-5-6-8-17(16)25-2/h5-10,13H,11-12,14H2,1-4H3,(H2,22,23,24). The Morgan fingerprint density at radius 1 is 0.963 bits per heavy atom. The van der Waals surface area contributed by atoms with Crippen molar-refractivity contribution in [3.05, 3.63) is 48.0 Å². The first kappa shape index (κ1) is 18.9. The second-order valence-electron chi connectivity index (χ2n) is 6.60. The van der Waals surface area contributed by atoms with Crippen LogP contribution in [-0.2, 0) is 5.41 Å².